The predicted molar refractivity (Wildman–Crippen MR) is 137 cm³/mol. The van der Waals surface area contributed by atoms with Crippen molar-refractivity contribution in [3.05, 3.63) is 11.6 Å². The molecule has 3 saturated carbocycles. The standard InChI is InChI=1S/C30H51NO2/c1-20(2)7-6-8-21(3)25-11-12-26-24-10-9-23-19-22(28(33)31-17-18-32)13-15-29(23,4)27(24)14-16-30(25,26)5/h9,20-22,24-27,32H,6-8,10-19H2,1-5H3,(H,31,33)/t21-,22+,24+,25-,26+,27+,29+,30-/m1/s1. The molecule has 4 aliphatic rings. The largest absolute Gasteiger partial charge is 0.395 e. The van der Waals surface area contributed by atoms with Gasteiger partial charge in [-0.15, -0.1) is 0 Å². The zero-order valence-corrected chi connectivity index (χ0v) is 22.2. The van der Waals surface area contributed by atoms with E-state index in [-0.39, 0.29) is 18.4 Å². The van der Waals surface area contributed by atoms with Crippen LogP contribution in [0.1, 0.15) is 105 Å². The summed E-state index contributed by atoms with van der Waals surface area (Å²) in [4.78, 5) is 12.6. The topological polar surface area (TPSA) is 49.3 Å². The molecule has 8 atom stereocenters. The zero-order chi connectivity index (χ0) is 23.8. The number of allylic oxidation sites excluding steroid dienone is 2. The third-order valence-corrected chi connectivity index (χ3v) is 11.1. The minimum Gasteiger partial charge on any atom is -0.395 e. The van der Waals surface area contributed by atoms with Gasteiger partial charge >= 0.3 is 0 Å². The van der Waals surface area contributed by atoms with Gasteiger partial charge in [-0.2, -0.15) is 0 Å². The molecular weight excluding hydrogens is 406 g/mol. The molecule has 3 heteroatoms. The Kier molecular flexibility index (Phi) is 7.68. The Hall–Kier alpha value is -0.830. The van der Waals surface area contributed by atoms with Crippen molar-refractivity contribution in [2.24, 2.45) is 52.3 Å². The van der Waals surface area contributed by atoms with E-state index in [0.717, 1.165) is 54.8 Å². The Labute approximate surface area is 203 Å². The third kappa shape index (κ3) is 4.69. The fourth-order valence-electron chi connectivity index (χ4n) is 9.23. The maximum absolute atomic E-state index is 12.6. The lowest BCUT2D eigenvalue weighted by molar-refractivity contribution is -0.126. The number of rotatable bonds is 8. The molecule has 0 aliphatic heterocycles. The van der Waals surface area contributed by atoms with E-state index >= 15 is 0 Å². The molecule has 33 heavy (non-hydrogen) atoms. The van der Waals surface area contributed by atoms with Gasteiger partial charge in [0.1, 0.15) is 0 Å². The molecule has 3 fully saturated rings. The molecule has 0 radical (unpaired) electrons. The lowest BCUT2D eigenvalue weighted by Gasteiger charge is -2.58. The average Bonchev–Trinajstić information content (AvgIpc) is 3.13. The maximum atomic E-state index is 12.6. The van der Waals surface area contributed by atoms with Gasteiger partial charge in [0, 0.05) is 12.5 Å². The molecule has 0 spiro atoms. The van der Waals surface area contributed by atoms with Crippen molar-refractivity contribution in [3.63, 3.8) is 0 Å². The number of aliphatic hydroxyl groups is 1. The number of hydrogen-bond acceptors (Lipinski definition) is 2. The molecule has 0 bridgehead atoms. The predicted octanol–water partition coefficient (Wildman–Crippen LogP) is 6.75. The molecule has 4 rings (SSSR count). The monoisotopic (exact) mass is 457 g/mol. The van der Waals surface area contributed by atoms with Gasteiger partial charge in [-0.25, -0.2) is 0 Å². The number of hydrogen-bond donors (Lipinski definition) is 2. The fourth-order valence-corrected chi connectivity index (χ4v) is 9.23. The summed E-state index contributed by atoms with van der Waals surface area (Å²) in [7, 11) is 0. The van der Waals surface area contributed by atoms with Crippen molar-refractivity contribution in [3.8, 4) is 0 Å². The van der Waals surface area contributed by atoms with Crippen LogP contribution in [0.25, 0.3) is 0 Å². The second-order valence-electron chi connectivity index (χ2n) is 13.2. The molecule has 0 aromatic rings. The van der Waals surface area contributed by atoms with Gasteiger partial charge in [0.05, 0.1) is 6.61 Å². The number of amides is 1. The maximum Gasteiger partial charge on any atom is 0.223 e. The smallest absolute Gasteiger partial charge is 0.223 e. The summed E-state index contributed by atoms with van der Waals surface area (Å²) in [5.74, 6) is 5.43. The molecule has 1 amide bonds. The van der Waals surface area contributed by atoms with E-state index in [9.17, 15) is 4.79 Å². The van der Waals surface area contributed by atoms with Crippen LogP contribution >= 0.6 is 0 Å². The van der Waals surface area contributed by atoms with E-state index in [1.54, 1.807) is 5.57 Å². The molecule has 0 saturated heterocycles. The van der Waals surface area contributed by atoms with Gasteiger partial charge in [-0.1, -0.05) is 65.5 Å². The number of aliphatic hydroxyl groups excluding tert-OH is 1. The Morgan fingerprint density at radius 3 is 2.61 bits per heavy atom. The van der Waals surface area contributed by atoms with Crippen LogP contribution in [0.2, 0.25) is 0 Å². The highest BCUT2D eigenvalue weighted by Crippen LogP contribution is 2.67. The van der Waals surface area contributed by atoms with Crippen LogP contribution < -0.4 is 5.32 Å². The van der Waals surface area contributed by atoms with Crippen molar-refractivity contribution in [1.29, 1.82) is 0 Å². The first-order valence-corrected chi connectivity index (χ1v) is 14.3. The Morgan fingerprint density at radius 1 is 1.09 bits per heavy atom. The first-order valence-electron chi connectivity index (χ1n) is 14.3. The molecule has 188 valence electrons. The molecule has 4 aliphatic carbocycles. The van der Waals surface area contributed by atoms with Crippen molar-refractivity contribution >= 4 is 5.91 Å². The SMILES string of the molecule is CC(C)CCC[C@@H](C)[C@H]1CC[C@H]2[C@@H]3CC=C4C[C@@H](C(=O)NCCO)CC[C@]4(C)[C@H]3CC[C@]12C. The second kappa shape index (κ2) is 10.0. The number of carbonyl (C=O) groups excluding carboxylic acids is 1. The van der Waals surface area contributed by atoms with E-state index < -0.39 is 0 Å². The van der Waals surface area contributed by atoms with Crippen molar-refractivity contribution in [2.75, 3.05) is 13.2 Å². The lowest BCUT2D eigenvalue weighted by Crippen LogP contribution is -2.51. The molecule has 0 aromatic carbocycles. The van der Waals surface area contributed by atoms with Crippen LogP contribution in [0.15, 0.2) is 11.6 Å². The zero-order valence-electron chi connectivity index (χ0n) is 22.2. The molecule has 2 N–H and O–H groups in total. The van der Waals surface area contributed by atoms with Gasteiger partial charge in [0.2, 0.25) is 5.91 Å². The van der Waals surface area contributed by atoms with E-state index in [2.05, 4.69) is 46.0 Å². The highest BCUT2D eigenvalue weighted by molar-refractivity contribution is 5.79. The summed E-state index contributed by atoms with van der Waals surface area (Å²) < 4.78 is 0. The fraction of sp³-hybridized carbons (Fsp3) is 0.900. The summed E-state index contributed by atoms with van der Waals surface area (Å²) >= 11 is 0. The van der Waals surface area contributed by atoms with E-state index in [0.29, 0.717) is 17.4 Å². The van der Waals surface area contributed by atoms with Crippen LogP contribution in [0.3, 0.4) is 0 Å². The van der Waals surface area contributed by atoms with Crippen LogP contribution in [0.5, 0.6) is 0 Å². The van der Waals surface area contributed by atoms with Crippen LogP contribution in [0.4, 0.5) is 0 Å². The minimum absolute atomic E-state index is 0.0279. The minimum atomic E-state index is 0.0279. The number of fused-ring (bicyclic) bond motifs is 5. The van der Waals surface area contributed by atoms with Crippen LogP contribution in [0, 0.1) is 52.3 Å². The van der Waals surface area contributed by atoms with Crippen LogP contribution in [-0.2, 0) is 4.79 Å². The Morgan fingerprint density at radius 2 is 1.88 bits per heavy atom. The lowest BCUT2D eigenvalue weighted by atomic mass is 9.46. The summed E-state index contributed by atoms with van der Waals surface area (Å²) in [5.41, 5.74) is 2.43. The molecule has 0 aromatic heterocycles. The van der Waals surface area contributed by atoms with Gasteiger partial charge in [0.25, 0.3) is 0 Å². The Bertz CT molecular complexity index is 729. The highest BCUT2D eigenvalue weighted by atomic mass is 16.3. The van der Waals surface area contributed by atoms with E-state index in [1.807, 2.05) is 0 Å². The highest BCUT2D eigenvalue weighted by Gasteiger charge is 2.59. The average molecular weight is 458 g/mol. The van der Waals surface area contributed by atoms with Gasteiger partial charge < -0.3 is 10.4 Å². The molecular formula is C30H51NO2. The summed E-state index contributed by atoms with van der Waals surface area (Å²) in [5, 5.41) is 12.0. The second-order valence-corrected chi connectivity index (χ2v) is 13.2. The van der Waals surface area contributed by atoms with E-state index in [1.165, 1.54) is 51.4 Å². The molecule has 3 nitrogen and oxygen atoms in total. The first-order chi connectivity index (χ1) is 15.7. The van der Waals surface area contributed by atoms with Crippen molar-refractivity contribution in [2.45, 2.75) is 105 Å². The van der Waals surface area contributed by atoms with E-state index in [4.69, 9.17) is 5.11 Å². The van der Waals surface area contributed by atoms with Gasteiger partial charge in [-0.3, -0.25) is 4.79 Å². The summed E-state index contributed by atoms with van der Waals surface area (Å²) in [6.45, 7) is 12.9. The Balaban J connectivity index is 1.45. The number of nitrogens with one attached hydrogen (secondary N) is 1. The normalized spacial score (nSPS) is 41.1. The molecule has 0 unspecified atom stereocenters. The van der Waals surface area contributed by atoms with Gasteiger partial charge in [-0.05, 0) is 97.7 Å². The summed E-state index contributed by atoms with van der Waals surface area (Å²) in [6.07, 6.45) is 16.8. The van der Waals surface area contributed by atoms with Crippen LogP contribution in [-0.4, -0.2) is 24.2 Å². The van der Waals surface area contributed by atoms with Crippen molar-refractivity contribution < 1.29 is 9.90 Å². The third-order valence-electron chi connectivity index (χ3n) is 11.1. The first kappa shape index (κ1) is 25.3. The molecule has 0 heterocycles. The number of carbonyl (C=O) groups is 1. The quantitative estimate of drug-likeness (QED) is 0.396. The van der Waals surface area contributed by atoms with Crippen molar-refractivity contribution in [1.82, 2.24) is 5.32 Å². The summed E-state index contributed by atoms with van der Waals surface area (Å²) in [6, 6.07) is 0. The van der Waals surface area contributed by atoms with Gasteiger partial charge in [0.15, 0.2) is 0 Å².